The predicted molar refractivity (Wildman–Crippen MR) is 101 cm³/mol. The first-order valence-corrected chi connectivity index (χ1v) is 9.36. The van der Waals surface area contributed by atoms with Gasteiger partial charge in [-0.15, -0.1) is 0 Å². The van der Waals surface area contributed by atoms with Gasteiger partial charge in [-0.1, -0.05) is 42.6 Å². The van der Waals surface area contributed by atoms with E-state index in [9.17, 15) is 4.79 Å². The van der Waals surface area contributed by atoms with Gasteiger partial charge in [0.05, 0.1) is 5.41 Å². The highest BCUT2D eigenvalue weighted by Crippen LogP contribution is 2.43. The number of carbonyl (C=O) groups excluding carboxylic acids is 1. The van der Waals surface area contributed by atoms with E-state index in [0.717, 1.165) is 48.3 Å². The number of amides is 1. The Bertz CT molecular complexity index is 830. The van der Waals surface area contributed by atoms with Crippen LogP contribution in [0.4, 0.5) is 0 Å². The Balaban J connectivity index is 1.58. The molecule has 1 amide bonds. The zero-order valence-corrected chi connectivity index (χ0v) is 15.6. The molecule has 4 nitrogen and oxygen atoms in total. The molecule has 0 radical (unpaired) electrons. The largest absolute Gasteiger partial charge is 0.454 e. The maximum absolute atomic E-state index is 13.4. The summed E-state index contributed by atoms with van der Waals surface area (Å²) in [5.74, 6) is 1.66. The summed E-state index contributed by atoms with van der Waals surface area (Å²) >= 11 is 6.20. The Kier molecular flexibility index (Phi) is 4.53. The lowest BCUT2D eigenvalue weighted by atomic mass is 9.77. The minimum absolute atomic E-state index is 0.162. The molecule has 1 fully saturated rings. The second-order valence-electron chi connectivity index (χ2n) is 7.15. The average Bonchev–Trinajstić information content (AvgIpc) is 3.30. The zero-order valence-electron chi connectivity index (χ0n) is 14.8. The van der Waals surface area contributed by atoms with Gasteiger partial charge in [0.1, 0.15) is 0 Å². The van der Waals surface area contributed by atoms with Crippen LogP contribution in [0.25, 0.3) is 0 Å². The zero-order chi connectivity index (χ0) is 18.1. The van der Waals surface area contributed by atoms with Crippen molar-refractivity contribution in [3.8, 4) is 11.5 Å². The van der Waals surface area contributed by atoms with E-state index in [0.29, 0.717) is 11.6 Å². The molecule has 0 unspecified atom stereocenters. The number of rotatable bonds is 4. The number of hydrogen-bond donors (Lipinski definition) is 0. The molecule has 0 aromatic heterocycles. The van der Waals surface area contributed by atoms with Crippen molar-refractivity contribution in [2.75, 3.05) is 13.8 Å². The van der Waals surface area contributed by atoms with Gasteiger partial charge in [-0.05, 0) is 48.2 Å². The third-order valence-corrected chi connectivity index (χ3v) is 5.68. The lowest BCUT2D eigenvalue weighted by Crippen LogP contribution is -2.43. The van der Waals surface area contributed by atoms with E-state index >= 15 is 0 Å². The van der Waals surface area contributed by atoms with Crippen LogP contribution in [0.2, 0.25) is 5.02 Å². The molecule has 0 spiro atoms. The van der Waals surface area contributed by atoms with Gasteiger partial charge in [-0.3, -0.25) is 4.79 Å². The summed E-state index contributed by atoms with van der Waals surface area (Å²) in [5.41, 5.74) is 1.60. The third kappa shape index (κ3) is 3.03. The molecule has 4 rings (SSSR count). The summed E-state index contributed by atoms with van der Waals surface area (Å²) in [5, 5.41) is 0.681. The van der Waals surface area contributed by atoms with Crippen LogP contribution in [0.1, 0.15) is 36.8 Å². The van der Waals surface area contributed by atoms with Crippen LogP contribution < -0.4 is 9.47 Å². The Morgan fingerprint density at radius 1 is 1.12 bits per heavy atom. The Morgan fingerprint density at radius 3 is 2.65 bits per heavy atom. The fourth-order valence-corrected chi connectivity index (χ4v) is 4.33. The SMILES string of the molecule is CN(Cc1ccc2c(c1)OCO2)C(=O)C1(c2cccc(Cl)c2)CCCC1. The number of ether oxygens (including phenoxy) is 2. The molecule has 0 saturated heterocycles. The average molecular weight is 372 g/mol. The number of carbonyl (C=O) groups is 1. The van der Waals surface area contributed by atoms with E-state index in [1.165, 1.54) is 0 Å². The highest BCUT2D eigenvalue weighted by atomic mass is 35.5. The molecule has 1 saturated carbocycles. The van der Waals surface area contributed by atoms with Gasteiger partial charge in [-0.2, -0.15) is 0 Å². The summed E-state index contributed by atoms with van der Waals surface area (Å²) in [6, 6.07) is 13.6. The number of benzene rings is 2. The molecule has 1 aliphatic carbocycles. The van der Waals surface area contributed by atoms with Gasteiger partial charge in [0.25, 0.3) is 0 Å². The molecule has 2 aliphatic rings. The van der Waals surface area contributed by atoms with Crippen molar-refractivity contribution in [2.24, 2.45) is 0 Å². The van der Waals surface area contributed by atoms with E-state index in [-0.39, 0.29) is 12.7 Å². The number of fused-ring (bicyclic) bond motifs is 1. The fourth-order valence-electron chi connectivity index (χ4n) is 4.14. The van der Waals surface area contributed by atoms with Crippen molar-refractivity contribution in [3.05, 3.63) is 58.6 Å². The summed E-state index contributed by atoms with van der Waals surface area (Å²) in [4.78, 5) is 15.3. The highest BCUT2D eigenvalue weighted by molar-refractivity contribution is 6.30. The van der Waals surface area contributed by atoms with Crippen LogP contribution in [0, 0.1) is 0 Å². The summed E-state index contributed by atoms with van der Waals surface area (Å²) in [7, 11) is 1.87. The quantitative estimate of drug-likeness (QED) is 0.792. The summed E-state index contributed by atoms with van der Waals surface area (Å²) < 4.78 is 10.8. The molecule has 2 aromatic carbocycles. The molecule has 0 atom stereocenters. The lowest BCUT2D eigenvalue weighted by molar-refractivity contribution is -0.136. The smallest absolute Gasteiger partial charge is 0.233 e. The molecule has 5 heteroatoms. The van der Waals surface area contributed by atoms with E-state index < -0.39 is 5.41 Å². The fraction of sp³-hybridized carbons (Fsp3) is 0.381. The van der Waals surface area contributed by atoms with Crippen molar-refractivity contribution in [1.29, 1.82) is 0 Å². The molecular formula is C21H22ClNO3. The predicted octanol–water partition coefficient (Wildman–Crippen LogP) is 4.54. The van der Waals surface area contributed by atoms with Gasteiger partial charge in [0, 0.05) is 18.6 Å². The van der Waals surface area contributed by atoms with Gasteiger partial charge < -0.3 is 14.4 Å². The van der Waals surface area contributed by atoms with Crippen molar-refractivity contribution < 1.29 is 14.3 Å². The Morgan fingerprint density at radius 2 is 1.88 bits per heavy atom. The maximum atomic E-state index is 13.4. The van der Waals surface area contributed by atoms with E-state index in [2.05, 4.69) is 0 Å². The maximum Gasteiger partial charge on any atom is 0.233 e. The lowest BCUT2D eigenvalue weighted by Gasteiger charge is -2.33. The van der Waals surface area contributed by atoms with Gasteiger partial charge in [0.2, 0.25) is 12.7 Å². The van der Waals surface area contributed by atoms with Crippen molar-refractivity contribution in [3.63, 3.8) is 0 Å². The van der Waals surface area contributed by atoms with Crippen molar-refractivity contribution in [1.82, 2.24) is 4.90 Å². The van der Waals surface area contributed by atoms with Crippen LogP contribution in [0.5, 0.6) is 11.5 Å². The van der Waals surface area contributed by atoms with E-state index in [1.807, 2.05) is 54.4 Å². The number of hydrogen-bond acceptors (Lipinski definition) is 3. The molecule has 0 N–H and O–H groups in total. The van der Waals surface area contributed by atoms with E-state index in [4.69, 9.17) is 21.1 Å². The second-order valence-corrected chi connectivity index (χ2v) is 7.58. The van der Waals surface area contributed by atoms with Gasteiger partial charge in [0.15, 0.2) is 11.5 Å². The molecular weight excluding hydrogens is 350 g/mol. The van der Waals surface area contributed by atoms with Crippen LogP contribution >= 0.6 is 11.6 Å². The topological polar surface area (TPSA) is 38.8 Å². The molecule has 1 heterocycles. The normalized spacial score (nSPS) is 17.3. The number of halogens is 1. The standard InChI is InChI=1S/C21H22ClNO3/c1-23(13-15-7-8-18-19(11-15)26-14-25-18)20(24)21(9-2-3-10-21)16-5-4-6-17(22)12-16/h4-8,11-12H,2-3,9-10,13-14H2,1H3. The highest BCUT2D eigenvalue weighted by Gasteiger charge is 2.44. The van der Waals surface area contributed by atoms with Crippen molar-refractivity contribution >= 4 is 17.5 Å². The number of nitrogens with zero attached hydrogens (tertiary/aromatic N) is 1. The molecule has 26 heavy (non-hydrogen) atoms. The molecule has 136 valence electrons. The minimum atomic E-state index is -0.462. The third-order valence-electron chi connectivity index (χ3n) is 5.45. The number of likely N-dealkylation sites (N-methyl/N-ethyl adjacent to an activating group) is 1. The Hall–Kier alpha value is -2.20. The van der Waals surface area contributed by atoms with Crippen LogP contribution in [0.3, 0.4) is 0 Å². The van der Waals surface area contributed by atoms with Crippen molar-refractivity contribution in [2.45, 2.75) is 37.6 Å². The first-order chi connectivity index (χ1) is 12.6. The van der Waals surface area contributed by atoms with E-state index in [1.54, 1.807) is 0 Å². The van der Waals surface area contributed by atoms with Crippen LogP contribution in [0.15, 0.2) is 42.5 Å². The molecule has 0 bridgehead atoms. The Labute approximate surface area is 158 Å². The first-order valence-electron chi connectivity index (χ1n) is 8.99. The van der Waals surface area contributed by atoms with Gasteiger partial charge in [-0.25, -0.2) is 0 Å². The minimum Gasteiger partial charge on any atom is -0.454 e. The molecule has 2 aromatic rings. The van der Waals surface area contributed by atoms with Gasteiger partial charge >= 0.3 is 0 Å². The summed E-state index contributed by atoms with van der Waals surface area (Å²) in [6.45, 7) is 0.795. The first kappa shape index (κ1) is 17.2. The van der Waals surface area contributed by atoms with Crippen LogP contribution in [-0.4, -0.2) is 24.6 Å². The summed E-state index contributed by atoms with van der Waals surface area (Å²) in [6.07, 6.45) is 3.88. The monoisotopic (exact) mass is 371 g/mol. The van der Waals surface area contributed by atoms with Crippen LogP contribution in [-0.2, 0) is 16.8 Å². The second kappa shape index (κ2) is 6.84. The molecule has 1 aliphatic heterocycles.